The Hall–Kier alpha value is -1.24. The number of hydrogen-bond donors (Lipinski definition) is 2. The van der Waals surface area contributed by atoms with Crippen LogP contribution in [-0.2, 0) is 0 Å². The van der Waals surface area contributed by atoms with Crippen LogP contribution < -0.4 is 5.48 Å². The predicted octanol–water partition coefficient (Wildman–Crippen LogP) is 2.44. The van der Waals surface area contributed by atoms with Crippen LogP contribution in [0.5, 0.6) is 0 Å². The highest BCUT2D eigenvalue weighted by Gasteiger charge is 2.34. The number of piperidine rings is 3. The second kappa shape index (κ2) is 5.87. The molecule has 1 aromatic carbocycles. The third-order valence-electron chi connectivity index (χ3n) is 4.29. The van der Waals surface area contributed by atoms with Crippen LogP contribution in [0.15, 0.2) is 17.1 Å². The number of nitrogens with one attached hydrogen (secondary N) is 1. The summed E-state index contributed by atoms with van der Waals surface area (Å²) >= 11 is 5.53. The molecule has 1 atom stereocenters. The highest BCUT2D eigenvalue weighted by Crippen LogP contribution is 2.30. The quantitative estimate of drug-likeness (QED) is 0.381. The van der Waals surface area contributed by atoms with E-state index in [1.54, 1.807) is 0 Å². The molecule has 3 aliphatic heterocycles. The van der Waals surface area contributed by atoms with Crippen LogP contribution in [0.2, 0.25) is 5.02 Å². The molecule has 21 heavy (non-hydrogen) atoms. The Bertz CT molecular complexity index is 574. The lowest BCUT2D eigenvalue weighted by Gasteiger charge is -2.43. The SMILES string of the molecule is ONC(=N[C@H]1CN2CCC1CC2)c1cc(F)c(Cl)cc1F. The van der Waals surface area contributed by atoms with Crippen molar-refractivity contribution >= 4 is 17.4 Å². The molecule has 114 valence electrons. The zero-order valence-electron chi connectivity index (χ0n) is 11.3. The Labute approximate surface area is 126 Å². The maximum Gasteiger partial charge on any atom is 0.155 e. The third kappa shape index (κ3) is 2.88. The molecule has 3 aliphatic rings. The lowest BCUT2D eigenvalue weighted by molar-refractivity contribution is 0.0898. The Morgan fingerprint density at radius 2 is 2.00 bits per heavy atom. The third-order valence-corrected chi connectivity index (χ3v) is 4.58. The van der Waals surface area contributed by atoms with Crippen LogP contribution >= 0.6 is 11.6 Å². The highest BCUT2D eigenvalue weighted by atomic mass is 35.5. The highest BCUT2D eigenvalue weighted by molar-refractivity contribution is 6.30. The van der Waals surface area contributed by atoms with Crippen molar-refractivity contribution in [3.8, 4) is 0 Å². The maximum absolute atomic E-state index is 13.9. The van der Waals surface area contributed by atoms with E-state index in [0.29, 0.717) is 5.92 Å². The topological polar surface area (TPSA) is 47.9 Å². The number of rotatable bonds is 2. The van der Waals surface area contributed by atoms with E-state index in [4.69, 9.17) is 11.6 Å². The molecular weight excluding hydrogens is 300 g/mol. The van der Waals surface area contributed by atoms with Crippen molar-refractivity contribution in [3.63, 3.8) is 0 Å². The van der Waals surface area contributed by atoms with Gasteiger partial charge in [0.2, 0.25) is 0 Å². The van der Waals surface area contributed by atoms with Crippen LogP contribution in [-0.4, -0.2) is 41.6 Å². The number of halogens is 3. The minimum absolute atomic E-state index is 0.0136. The van der Waals surface area contributed by atoms with E-state index in [1.807, 2.05) is 5.48 Å². The largest absolute Gasteiger partial charge is 0.301 e. The van der Waals surface area contributed by atoms with Gasteiger partial charge in [-0.15, -0.1) is 0 Å². The lowest BCUT2D eigenvalue weighted by Crippen LogP contribution is -2.50. The summed E-state index contributed by atoms with van der Waals surface area (Å²) in [5, 5.41) is 8.95. The van der Waals surface area contributed by atoms with E-state index in [9.17, 15) is 14.0 Å². The average Bonchev–Trinajstić information content (AvgIpc) is 2.50. The van der Waals surface area contributed by atoms with E-state index < -0.39 is 11.6 Å². The summed E-state index contributed by atoms with van der Waals surface area (Å²) in [5.74, 6) is -1.09. The molecule has 0 amide bonds. The van der Waals surface area contributed by atoms with Crippen LogP contribution in [0.25, 0.3) is 0 Å². The monoisotopic (exact) mass is 315 g/mol. The number of amidine groups is 1. The smallest absolute Gasteiger partial charge is 0.155 e. The zero-order chi connectivity index (χ0) is 15.0. The van der Waals surface area contributed by atoms with E-state index in [1.165, 1.54) is 0 Å². The number of aliphatic imine (C=N–C) groups is 1. The van der Waals surface area contributed by atoms with Gasteiger partial charge in [0.1, 0.15) is 11.6 Å². The van der Waals surface area contributed by atoms with Gasteiger partial charge < -0.3 is 4.90 Å². The van der Waals surface area contributed by atoms with Crippen LogP contribution in [0, 0.1) is 17.6 Å². The van der Waals surface area contributed by atoms with Crippen molar-refractivity contribution in [1.29, 1.82) is 0 Å². The van der Waals surface area contributed by atoms with Gasteiger partial charge in [-0.2, -0.15) is 0 Å². The molecule has 0 saturated carbocycles. The summed E-state index contributed by atoms with van der Waals surface area (Å²) in [5.41, 5.74) is 1.78. The molecule has 2 N–H and O–H groups in total. The first-order valence-corrected chi connectivity index (χ1v) is 7.31. The Kier molecular flexibility index (Phi) is 4.10. The summed E-state index contributed by atoms with van der Waals surface area (Å²) in [6, 6.07) is 1.82. The molecule has 3 fully saturated rings. The first-order valence-electron chi connectivity index (χ1n) is 6.93. The fourth-order valence-electron chi connectivity index (χ4n) is 3.11. The minimum Gasteiger partial charge on any atom is -0.301 e. The fraction of sp³-hybridized carbons (Fsp3) is 0.500. The number of hydroxylamine groups is 1. The van der Waals surface area contributed by atoms with Gasteiger partial charge in [0.05, 0.1) is 16.6 Å². The fourth-order valence-corrected chi connectivity index (χ4v) is 3.26. The van der Waals surface area contributed by atoms with E-state index in [2.05, 4.69) is 9.89 Å². The number of fused-ring (bicyclic) bond motifs is 3. The summed E-state index contributed by atoms with van der Waals surface area (Å²) < 4.78 is 27.4. The lowest BCUT2D eigenvalue weighted by atomic mass is 9.84. The molecule has 0 spiro atoms. The molecule has 0 aromatic heterocycles. The molecule has 0 radical (unpaired) electrons. The summed E-state index contributed by atoms with van der Waals surface area (Å²) in [6.45, 7) is 2.90. The molecule has 7 heteroatoms. The standard InChI is InChI=1S/C14H16ClF2N3O/c15-10-6-11(16)9(5-12(10)17)14(19-21)18-13-7-20-3-1-8(13)2-4-20/h5-6,8,13,21H,1-4,7H2,(H,18,19)/t13-/m0/s1. The molecular formula is C14H16ClF2N3O. The first-order chi connectivity index (χ1) is 10.1. The molecule has 4 nitrogen and oxygen atoms in total. The van der Waals surface area contributed by atoms with Gasteiger partial charge in [-0.25, -0.2) is 8.78 Å². The molecule has 1 aromatic rings. The number of nitrogens with zero attached hydrogens (tertiary/aromatic N) is 2. The van der Waals surface area contributed by atoms with Crippen LogP contribution in [0.1, 0.15) is 18.4 Å². The van der Waals surface area contributed by atoms with E-state index in [-0.39, 0.29) is 22.5 Å². The molecule has 0 unspecified atom stereocenters. The van der Waals surface area contributed by atoms with Crippen molar-refractivity contribution in [2.45, 2.75) is 18.9 Å². The average molecular weight is 316 g/mol. The van der Waals surface area contributed by atoms with Gasteiger partial charge in [0.15, 0.2) is 5.84 Å². The normalized spacial score (nSPS) is 28.8. The van der Waals surface area contributed by atoms with Crippen LogP contribution in [0.3, 0.4) is 0 Å². The van der Waals surface area contributed by atoms with Crippen LogP contribution in [0.4, 0.5) is 8.78 Å². The van der Waals surface area contributed by atoms with Crippen molar-refractivity contribution in [2.24, 2.45) is 10.9 Å². The predicted molar refractivity (Wildman–Crippen MR) is 75.8 cm³/mol. The Balaban J connectivity index is 1.91. The summed E-state index contributed by atoms with van der Waals surface area (Å²) in [7, 11) is 0. The second-order valence-corrected chi connectivity index (χ2v) is 5.95. The Morgan fingerprint density at radius 1 is 1.29 bits per heavy atom. The summed E-state index contributed by atoms with van der Waals surface area (Å²) in [4.78, 5) is 6.70. The van der Waals surface area contributed by atoms with Crippen molar-refractivity contribution in [3.05, 3.63) is 34.4 Å². The van der Waals surface area contributed by atoms with Gasteiger partial charge in [0, 0.05) is 6.54 Å². The van der Waals surface area contributed by atoms with Gasteiger partial charge in [0.25, 0.3) is 0 Å². The minimum atomic E-state index is -0.745. The Morgan fingerprint density at radius 3 is 2.57 bits per heavy atom. The van der Waals surface area contributed by atoms with E-state index in [0.717, 1.165) is 44.6 Å². The van der Waals surface area contributed by atoms with Gasteiger partial charge in [-0.3, -0.25) is 15.7 Å². The maximum atomic E-state index is 13.9. The number of benzene rings is 1. The number of hydrogen-bond acceptors (Lipinski definition) is 3. The second-order valence-electron chi connectivity index (χ2n) is 5.54. The molecule has 4 rings (SSSR count). The van der Waals surface area contributed by atoms with Crippen molar-refractivity contribution in [1.82, 2.24) is 10.4 Å². The molecule has 2 bridgehead atoms. The van der Waals surface area contributed by atoms with Gasteiger partial charge in [-0.05, 0) is 44.0 Å². The first kappa shape index (κ1) is 14.7. The van der Waals surface area contributed by atoms with Crippen molar-refractivity contribution in [2.75, 3.05) is 19.6 Å². The van der Waals surface area contributed by atoms with Gasteiger partial charge >= 0.3 is 0 Å². The molecule has 3 heterocycles. The van der Waals surface area contributed by atoms with Gasteiger partial charge in [-0.1, -0.05) is 11.6 Å². The summed E-state index contributed by atoms with van der Waals surface area (Å²) in [6.07, 6.45) is 2.09. The molecule has 0 aliphatic carbocycles. The van der Waals surface area contributed by atoms with E-state index >= 15 is 0 Å². The molecule has 3 saturated heterocycles. The zero-order valence-corrected chi connectivity index (χ0v) is 12.1. The van der Waals surface area contributed by atoms with Crippen molar-refractivity contribution < 1.29 is 14.0 Å².